The minimum atomic E-state index is 0.632. The highest BCUT2D eigenvalue weighted by Crippen LogP contribution is 2.28. The monoisotopic (exact) mass is 286 g/mol. The molecule has 1 saturated carbocycles. The molecule has 4 heteroatoms. The van der Waals surface area contributed by atoms with Crippen molar-refractivity contribution < 1.29 is 0 Å². The summed E-state index contributed by atoms with van der Waals surface area (Å²) in [5.74, 6) is 1.14. The lowest BCUT2D eigenvalue weighted by atomic mass is 10.1. The molecular weight excluding hydrogens is 260 g/mol. The van der Waals surface area contributed by atoms with E-state index in [4.69, 9.17) is 4.98 Å². The summed E-state index contributed by atoms with van der Waals surface area (Å²) in [6, 6.07) is 6.85. The van der Waals surface area contributed by atoms with Crippen molar-refractivity contribution in [1.82, 2.24) is 14.7 Å². The molecule has 0 bridgehead atoms. The molecule has 1 aliphatic rings. The number of pyridine rings is 1. The summed E-state index contributed by atoms with van der Waals surface area (Å²) in [6.45, 7) is 0.845. The van der Waals surface area contributed by atoms with Crippen LogP contribution in [-0.4, -0.2) is 29.5 Å². The Balaban J connectivity index is 1.95. The van der Waals surface area contributed by atoms with Gasteiger partial charge in [-0.05, 0) is 32.0 Å². The fraction of sp³-hybridized carbons (Fsp3) is 0.588. The van der Waals surface area contributed by atoms with Crippen LogP contribution in [0.4, 0.5) is 5.82 Å². The molecule has 3 rings (SSSR count). The molecule has 0 spiro atoms. The SMILES string of the molecule is CNCc1c(N(C)C2CCCCCC2)nc2ccccn12. The van der Waals surface area contributed by atoms with E-state index in [9.17, 15) is 0 Å². The third kappa shape index (κ3) is 2.91. The number of rotatable bonds is 4. The van der Waals surface area contributed by atoms with Crippen molar-refractivity contribution in [2.24, 2.45) is 0 Å². The Morgan fingerprint density at radius 3 is 2.71 bits per heavy atom. The van der Waals surface area contributed by atoms with E-state index in [2.05, 4.69) is 46.1 Å². The van der Waals surface area contributed by atoms with Crippen molar-refractivity contribution in [3.8, 4) is 0 Å². The first-order chi connectivity index (χ1) is 10.3. The number of fused-ring (bicyclic) bond motifs is 1. The van der Waals surface area contributed by atoms with Crippen LogP contribution in [0.25, 0.3) is 5.65 Å². The predicted molar refractivity (Wildman–Crippen MR) is 87.8 cm³/mol. The Hall–Kier alpha value is -1.55. The lowest BCUT2D eigenvalue weighted by molar-refractivity contribution is 0.547. The van der Waals surface area contributed by atoms with Gasteiger partial charge in [-0.3, -0.25) is 0 Å². The number of anilines is 1. The third-order valence-corrected chi connectivity index (χ3v) is 4.66. The van der Waals surface area contributed by atoms with Crippen molar-refractivity contribution >= 4 is 11.5 Å². The average Bonchev–Trinajstić information content (AvgIpc) is 2.70. The molecule has 0 atom stereocenters. The highest BCUT2D eigenvalue weighted by atomic mass is 15.2. The number of imidazole rings is 1. The second-order valence-electron chi connectivity index (χ2n) is 6.10. The van der Waals surface area contributed by atoms with E-state index in [0.29, 0.717) is 6.04 Å². The first-order valence-corrected chi connectivity index (χ1v) is 8.14. The summed E-state index contributed by atoms with van der Waals surface area (Å²) < 4.78 is 2.21. The van der Waals surface area contributed by atoms with Gasteiger partial charge in [-0.1, -0.05) is 31.7 Å². The molecule has 1 N–H and O–H groups in total. The van der Waals surface area contributed by atoms with Crippen molar-refractivity contribution in [3.05, 3.63) is 30.1 Å². The first-order valence-electron chi connectivity index (χ1n) is 8.14. The van der Waals surface area contributed by atoms with Gasteiger partial charge >= 0.3 is 0 Å². The second-order valence-corrected chi connectivity index (χ2v) is 6.10. The zero-order valence-corrected chi connectivity index (χ0v) is 13.2. The Labute approximate surface area is 127 Å². The van der Waals surface area contributed by atoms with Gasteiger partial charge in [0.1, 0.15) is 5.65 Å². The highest BCUT2D eigenvalue weighted by Gasteiger charge is 2.22. The van der Waals surface area contributed by atoms with Crippen LogP contribution >= 0.6 is 0 Å². The van der Waals surface area contributed by atoms with E-state index in [-0.39, 0.29) is 0 Å². The van der Waals surface area contributed by atoms with Gasteiger partial charge in [0.2, 0.25) is 0 Å². The average molecular weight is 286 g/mol. The second kappa shape index (κ2) is 6.48. The van der Waals surface area contributed by atoms with Crippen molar-refractivity contribution in [3.63, 3.8) is 0 Å². The lowest BCUT2D eigenvalue weighted by Crippen LogP contribution is -2.32. The molecule has 0 unspecified atom stereocenters. The topological polar surface area (TPSA) is 32.6 Å². The molecule has 1 aliphatic carbocycles. The fourth-order valence-corrected chi connectivity index (χ4v) is 3.47. The summed E-state index contributed by atoms with van der Waals surface area (Å²) in [4.78, 5) is 7.31. The summed E-state index contributed by atoms with van der Waals surface area (Å²) in [5, 5.41) is 3.29. The van der Waals surface area contributed by atoms with Gasteiger partial charge in [-0.2, -0.15) is 0 Å². The van der Waals surface area contributed by atoms with Crippen molar-refractivity contribution in [2.45, 2.75) is 51.1 Å². The number of nitrogens with zero attached hydrogens (tertiary/aromatic N) is 3. The highest BCUT2D eigenvalue weighted by molar-refractivity contribution is 5.56. The van der Waals surface area contributed by atoms with Gasteiger partial charge in [0.25, 0.3) is 0 Å². The Bertz CT molecular complexity index is 581. The molecule has 2 aromatic heterocycles. The molecule has 4 nitrogen and oxygen atoms in total. The fourth-order valence-electron chi connectivity index (χ4n) is 3.47. The molecular formula is C17H26N4. The minimum absolute atomic E-state index is 0.632. The maximum Gasteiger partial charge on any atom is 0.152 e. The van der Waals surface area contributed by atoms with Gasteiger partial charge in [0.05, 0.1) is 5.69 Å². The summed E-state index contributed by atoms with van der Waals surface area (Å²) >= 11 is 0. The van der Waals surface area contributed by atoms with Gasteiger partial charge in [-0.25, -0.2) is 4.98 Å². The number of hydrogen-bond acceptors (Lipinski definition) is 3. The van der Waals surface area contributed by atoms with Crippen molar-refractivity contribution in [2.75, 3.05) is 19.0 Å². The van der Waals surface area contributed by atoms with Crippen LogP contribution in [0.2, 0.25) is 0 Å². The van der Waals surface area contributed by atoms with Crippen LogP contribution in [0.15, 0.2) is 24.4 Å². The number of hydrogen-bond donors (Lipinski definition) is 1. The van der Waals surface area contributed by atoms with Crippen LogP contribution in [0.3, 0.4) is 0 Å². The van der Waals surface area contributed by atoms with Crippen LogP contribution in [0.5, 0.6) is 0 Å². The van der Waals surface area contributed by atoms with Crippen LogP contribution in [-0.2, 0) is 6.54 Å². The van der Waals surface area contributed by atoms with E-state index in [1.54, 1.807) is 0 Å². The number of aromatic nitrogens is 2. The van der Waals surface area contributed by atoms with Crippen molar-refractivity contribution in [1.29, 1.82) is 0 Å². The zero-order valence-electron chi connectivity index (χ0n) is 13.2. The first kappa shape index (κ1) is 14.4. The van der Waals surface area contributed by atoms with Crippen LogP contribution in [0, 0.1) is 0 Å². The van der Waals surface area contributed by atoms with Gasteiger partial charge in [0, 0.05) is 25.8 Å². The standard InChI is InChI=1S/C17H26N4/c1-18-13-15-17(19-16-11-7-8-12-21(15)16)20(2)14-9-5-3-4-6-10-14/h7-8,11-12,14,18H,3-6,9-10,13H2,1-2H3. The largest absolute Gasteiger partial charge is 0.355 e. The number of nitrogens with one attached hydrogen (secondary N) is 1. The Morgan fingerprint density at radius 2 is 2.00 bits per heavy atom. The Kier molecular flexibility index (Phi) is 4.44. The molecule has 2 heterocycles. The molecule has 0 amide bonds. The molecule has 0 saturated heterocycles. The minimum Gasteiger partial charge on any atom is -0.355 e. The van der Waals surface area contributed by atoms with E-state index in [0.717, 1.165) is 18.0 Å². The summed E-state index contributed by atoms with van der Waals surface area (Å²) in [7, 11) is 4.22. The normalized spacial score (nSPS) is 17.0. The molecule has 0 aliphatic heterocycles. The quantitative estimate of drug-likeness (QED) is 0.876. The van der Waals surface area contributed by atoms with Gasteiger partial charge in [0.15, 0.2) is 5.82 Å². The van der Waals surface area contributed by atoms with E-state index in [1.807, 2.05) is 7.05 Å². The Morgan fingerprint density at radius 1 is 1.24 bits per heavy atom. The molecule has 2 aromatic rings. The maximum absolute atomic E-state index is 4.89. The van der Waals surface area contributed by atoms with E-state index >= 15 is 0 Å². The summed E-state index contributed by atoms with van der Waals surface area (Å²) in [6.07, 6.45) is 10.2. The molecule has 1 fully saturated rings. The summed E-state index contributed by atoms with van der Waals surface area (Å²) in [5.41, 5.74) is 2.30. The van der Waals surface area contributed by atoms with Gasteiger partial charge in [-0.15, -0.1) is 0 Å². The zero-order chi connectivity index (χ0) is 14.7. The van der Waals surface area contributed by atoms with Gasteiger partial charge < -0.3 is 14.6 Å². The van der Waals surface area contributed by atoms with E-state index < -0.39 is 0 Å². The van der Waals surface area contributed by atoms with E-state index in [1.165, 1.54) is 44.2 Å². The molecule has 114 valence electrons. The predicted octanol–water partition coefficient (Wildman–Crippen LogP) is 3.21. The molecule has 21 heavy (non-hydrogen) atoms. The maximum atomic E-state index is 4.89. The van der Waals surface area contributed by atoms with Crippen LogP contribution < -0.4 is 10.2 Å². The lowest BCUT2D eigenvalue weighted by Gasteiger charge is -2.28. The smallest absolute Gasteiger partial charge is 0.152 e. The molecule has 0 radical (unpaired) electrons. The third-order valence-electron chi connectivity index (χ3n) is 4.66. The molecule has 0 aromatic carbocycles. The van der Waals surface area contributed by atoms with Crippen LogP contribution in [0.1, 0.15) is 44.2 Å².